The second kappa shape index (κ2) is 20.9. The van der Waals surface area contributed by atoms with Crippen molar-refractivity contribution in [3.8, 4) is 0 Å². The van der Waals surface area contributed by atoms with Crippen LogP contribution >= 0.6 is 34.9 Å². The molecule has 0 saturated carbocycles. The maximum Gasteiger partial charge on any atom is -0.0195 e. The maximum atomic E-state index is 4.92. The van der Waals surface area contributed by atoms with E-state index in [0.717, 1.165) is 0 Å². The van der Waals surface area contributed by atoms with Gasteiger partial charge >= 0.3 is 35.0 Å². The standard InChI is InChI=1S/C26H24P2.C6H14.2ClH.Re/c1-5-13-23(14-6-1)27(24-15-7-2-8-16-24)21-22-28(25-17-9-3-10-18-25)26-19-11-4-12-20-26;1-3-5-6-4-2;;;/h1-20H,21-22H2;3-6H2,1-2H3;2*1H;/q;;;;+2/p-2. The maximum absolute atomic E-state index is 4.92. The van der Waals surface area contributed by atoms with Gasteiger partial charge < -0.3 is 0 Å². The summed E-state index contributed by atoms with van der Waals surface area (Å²) in [4.78, 5) is 0. The zero-order valence-corrected chi connectivity index (χ0v) is 27.8. The van der Waals surface area contributed by atoms with Gasteiger partial charge in [0.2, 0.25) is 0 Å². The van der Waals surface area contributed by atoms with Crippen LogP contribution in [0.25, 0.3) is 0 Å². The fourth-order valence-electron chi connectivity index (χ4n) is 3.95. The second-order valence-electron chi connectivity index (χ2n) is 8.41. The van der Waals surface area contributed by atoms with Crippen molar-refractivity contribution in [3.63, 3.8) is 0 Å². The first kappa shape index (κ1) is 32.2. The van der Waals surface area contributed by atoms with Crippen LogP contribution in [-0.4, -0.2) is 12.3 Å². The number of halogens is 2. The van der Waals surface area contributed by atoms with E-state index >= 15 is 0 Å². The van der Waals surface area contributed by atoms with Crippen molar-refractivity contribution in [2.45, 2.75) is 39.5 Å². The van der Waals surface area contributed by atoms with Gasteiger partial charge in [-0.3, -0.25) is 0 Å². The molecule has 0 aromatic heterocycles. The van der Waals surface area contributed by atoms with Crippen LogP contribution in [-0.2, 0) is 15.9 Å². The molecule has 0 spiro atoms. The average Bonchev–Trinajstić information content (AvgIpc) is 2.97. The van der Waals surface area contributed by atoms with Crippen molar-refractivity contribution >= 4 is 56.1 Å². The third-order valence-corrected chi connectivity index (χ3v) is 11.2. The molecule has 0 amide bonds. The van der Waals surface area contributed by atoms with Gasteiger partial charge in [0.15, 0.2) is 0 Å². The van der Waals surface area contributed by atoms with Gasteiger partial charge in [0.25, 0.3) is 0 Å². The fraction of sp³-hybridized carbons (Fsp3) is 0.250. The van der Waals surface area contributed by atoms with E-state index in [2.05, 4.69) is 135 Å². The predicted molar refractivity (Wildman–Crippen MR) is 169 cm³/mol. The van der Waals surface area contributed by atoms with Gasteiger partial charge in [-0.1, -0.05) is 161 Å². The minimum absolute atomic E-state index is 0.348. The summed E-state index contributed by atoms with van der Waals surface area (Å²) in [5.74, 6) is 0. The normalized spacial score (nSPS) is 10.3. The minimum atomic E-state index is -0.722. The van der Waals surface area contributed by atoms with Crippen LogP contribution in [0.1, 0.15) is 39.5 Å². The summed E-state index contributed by atoms with van der Waals surface area (Å²) in [6.07, 6.45) is 7.95. The Bertz CT molecular complexity index is 885. The molecule has 0 radical (unpaired) electrons. The van der Waals surface area contributed by atoms with E-state index in [4.69, 9.17) is 19.1 Å². The van der Waals surface area contributed by atoms with E-state index in [-0.39, 0.29) is 15.8 Å². The largest absolute Gasteiger partial charge is 0.0622 e. The summed E-state index contributed by atoms with van der Waals surface area (Å²) < 4.78 is 0. The van der Waals surface area contributed by atoms with Crippen LogP contribution in [0.3, 0.4) is 0 Å². The zero-order chi connectivity index (χ0) is 26.6. The molecule has 0 saturated heterocycles. The van der Waals surface area contributed by atoms with E-state index in [9.17, 15) is 0 Å². The Morgan fingerprint density at radius 3 is 0.865 bits per heavy atom. The van der Waals surface area contributed by atoms with Gasteiger partial charge in [0.05, 0.1) is 0 Å². The van der Waals surface area contributed by atoms with E-state index in [0.29, 0.717) is 0 Å². The molecular weight excluding hydrogens is 703 g/mol. The van der Waals surface area contributed by atoms with E-state index < -0.39 is 15.9 Å². The van der Waals surface area contributed by atoms with Gasteiger partial charge in [0.1, 0.15) is 0 Å². The van der Waals surface area contributed by atoms with Crippen molar-refractivity contribution in [2.75, 3.05) is 12.3 Å². The topological polar surface area (TPSA) is 0 Å². The molecule has 4 aromatic rings. The second-order valence-corrected chi connectivity index (χ2v) is 17.0. The molecule has 0 unspecified atom stereocenters. The number of benzene rings is 4. The Morgan fingerprint density at radius 1 is 0.459 bits per heavy atom. The molecule has 0 aliphatic carbocycles. The van der Waals surface area contributed by atoms with E-state index in [1.54, 1.807) is 0 Å². The van der Waals surface area contributed by atoms with Gasteiger partial charge in [-0.15, -0.1) is 0 Å². The Balaban J connectivity index is 0.000000464. The molecule has 37 heavy (non-hydrogen) atoms. The average molecular weight is 742 g/mol. The summed E-state index contributed by atoms with van der Waals surface area (Å²) in [5, 5.41) is 5.89. The molecule has 0 atom stereocenters. The monoisotopic (exact) mass is 741 g/mol. The number of hydrogen-bond acceptors (Lipinski definition) is 0. The van der Waals surface area contributed by atoms with Gasteiger partial charge in [-0.05, 0) is 49.4 Å². The SMILES string of the molecule is CCCCCC.[Cl][Re][Cl].c1ccc(P(CCP(c2ccccc2)c2ccccc2)c2ccccc2)cc1. The first-order valence-electron chi connectivity index (χ1n) is 12.9. The smallest absolute Gasteiger partial charge is 0.0195 e. The third-order valence-electron chi connectivity index (χ3n) is 5.78. The molecule has 0 aliphatic heterocycles. The Morgan fingerprint density at radius 2 is 0.676 bits per heavy atom. The van der Waals surface area contributed by atoms with Crippen molar-refractivity contribution in [3.05, 3.63) is 121 Å². The molecule has 0 heterocycles. The molecular formula is C32H38Cl2P2Re. The fourth-order valence-corrected chi connectivity index (χ4v) is 9.30. The van der Waals surface area contributed by atoms with E-state index in [1.807, 2.05) is 0 Å². The number of rotatable bonds is 10. The summed E-state index contributed by atoms with van der Waals surface area (Å²) in [7, 11) is 9.14. The molecule has 0 fully saturated rings. The van der Waals surface area contributed by atoms with Crippen LogP contribution in [0.2, 0.25) is 0 Å². The van der Waals surface area contributed by atoms with Gasteiger partial charge in [0, 0.05) is 0 Å². The predicted octanol–water partition coefficient (Wildman–Crippen LogP) is 9.22. The number of hydrogen-bond donors (Lipinski definition) is 0. The number of unbranched alkanes of at least 4 members (excludes halogenated alkanes) is 3. The first-order valence-corrected chi connectivity index (χ1v) is 22.7. The van der Waals surface area contributed by atoms with Crippen molar-refractivity contribution in [1.29, 1.82) is 0 Å². The van der Waals surface area contributed by atoms with Crippen LogP contribution in [0.4, 0.5) is 0 Å². The summed E-state index contributed by atoms with van der Waals surface area (Å²) in [5.41, 5.74) is 0. The molecule has 0 N–H and O–H groups in total. The Hall–Kier alpha value is -1.02. The van der Waals surface area contributed by atoms with E-state index in [1.165, 1.54) is 59.2 Å². The Labute approximate surface area is 243 Å². The molecule has 0 aliphatic rings. The molecule has 0 nitrogen and oxygen atoms in total. The third kappa shape index (κ3) is 12.6. The quantitative estimate of drug-likeness (QED) is 0.112. The summed E-state index contributed by atoms with van der Waals surface area (Å²) in [6, 6.07) is 44.2. The molecule has 197 valence electrons. The molecule has 4 rings (SSSR count). The first-order chi connectivity index (χ1) is 18.2. The minimum Gasteiger partial charge on any atom is -0.0622 e. The van der Waals surface area contributed by atoms with Crippen LogP contribution in [0.15, 0.2) is 121 Å². The van der Waals surface area contributed by atoms with Crippen LogP contribution < -0.4 is 21.2 Å². The molecule has 4 aromatic carbocycles. The van der Waals surface area contributed by atoms with Crippen molar-refractivity contribution in [2.24, 2.45) is 0 Å². The van der Waals surface area contributed by atoms with Crippen molar-refractivity contribution < 1.29 is 15.9 Å². The molecule has 5 heteroatoms. The summed E-state index contributed by atoms with van der Waals surface area (Å²) in [6.45, 7) is 4.46. The van der Waals surface area contributed by atoms with Crippen molar-refractivity contribution in [1.82, 2.24) is 0 Å². The van der Waals surface area contributed by atoms with Crippen LogP contribution in [0.5, 0.6) is 0 Å². The Kier molecular flexibility index (Phi) is 18.2. The van der Waals surface area contributed by atoms with Gasteiger partial charge in [-0.25, -0.2) is 0 Å². The molecule has 0 bridgehead atoms. The van der Waals surface area contributed by atoms with Crippen LogP contribution in [0, 0.1) is 0 Å². The van der Waals surface area contributed by atoms with Gasteiger partial charge in [-0.2, -0.15) is 0 Å². The summed E-state index contributed by atoms with van der Waals surface area (Å²) >= 11 is -0.722. The zero-order valence-electron chi connectivity index (χ0n) is 21.8.